The van der Waals surface area contributed by atoms with Gasteiger partial charge in [-0.1, -0.05) is 12.1 Å². The summed E-state index contributed by atoms with van der Waals surface area (Å²) in [6, 6.07) is 7.63. The monoisotopic (exact) mass is 245 g/mol. The summed E-state index contributed by atoms with van der Waals surface area (Å²) >= 11 is 0. The minimum absolute atomic E-state index is 0.729. The van der Waals surface area contributed by atoms with E-state index in [1.165, 1.54) is 0 Å². The van der Waals surface area contributed by atoms with Crippen molar-refractivity contribution >= 4 is 5.69 Å². The Morgan fingerprint density at radius 3 is 2.89 bits per heavy atom. The molecule has 0 aliphatic carbocycles. The molecular formula is C13H19N5. The van der Waals surface area contributed by atoms with E-state index < -0.39 is 0 Å². The van der Waals surface area contributed by atoms with E-state index >= 15 is 0 Å². The van der Waals surface area contributed by atoms with E-state index in [1.807, 2.05) is 28.9 Å². The quantitative estimate of drug-likeness (QED) is 0.811. The van der Waals surface area contributed by atoms with Crippen molar-refractivity contribution in [2.75, 3.05) is 26.4 Å². The number of aryl methyl sites for hydroxylation is 1. The Hall–Kier alpha value is -1.88. The van der Waals surface area contributed by atoms with Crippen molar-refractivity contribution in [3.63, 3.8) is 0 Å². The van der Waals surface area contributed by atoms with Crippen molar-refractivity contribution in [1.82, 2.24) is 19.7 Å². The smallest absolute Gasteiger partial charge is 0.181 e. The standard InChI is InChI=1S/C13H19N5/c1-17(2)7-4-8-18-10-15-13(16-18)11-5-3-6-12(14)9-11/h3,5-6,9-10H,4,7-8,14H2,1-2H3. The molecule has 0 spiro atoms. The first-order valence-electron chi connectivity index (χ1n) is 6.05. The number of anilines is 1. The largest absolute Gasteiger partial charge is 0.399 e. The molecule has 0 bridgehead atoms. The lowest BCUT2D eigenvalue weighted by Gasteiger charge is -2.08. The fourth-order valence-corrected chi connectivity index (χ4v) is 1.76. The molecule has 0 fully saturated rings. The van der Waals surface area contributed by atoms with Crippen molar-refractivity contribution in [2.24, 2.45) is 0 Å². The van der Waals surface area contributed by atoms with Crippen LogP contribution >= 0.6 is 0 Å². The molecule has 5 heteroatoms. The second-order valence-electron chi connectivity index (χ2n) is 4.61. The summed E-state index contributed by atoms with van der Waals surface area (Å²) in [5.41, 5.74) is 7.44. The van der Waals surface area contributed by atoms with Crippen LogP contribution < -0.4 is 5.73 Å². The van der Waals surface area contributed by atoms with Crippen LogP contribution in [0.2, 0.25) is 0 Å². The molecule has 0 amide bonds. The zero-order chi connectivity index (χ0) is 13.0. The maximum Gasteiger partial charge on any atom is 0.181 e. The van der Waals surface area contributed by atoms with Gasteiger partial charge in [-0.05, 0) is 39.2 Å². The molecule has 2 aromatic rings. The Labute approximate surface area is 107 Å². The van der Waals surface area contributed by atoms with Crippen LogP contribution in [0.25, 0.3) is 11.4 Å². The van der Waals surface area contributed by atoms with Crippen LogP contribution in [0.4, 0.5) is 5.69 Å². The van der Waals surface area contributed by atoms with Gasteiger partial charge in [0.15, 0.2) is 5.82 Å². The molecule has 0 atom stereocenters. The number of aromatic nitrogens is 3. The molecule has 0 radical (unpaired) electrons. The first-order valence-corrected chi connectivity index (χ1v) is 6.05. The molecule has 5 nitrogen and oxygen atoms in total. The number of hydrogen-bond donors (Lipinski definition) is 1. The highest BCUT2D eigenvalue weighted by Crippen LogP contribution is 2.16. The molecule has 0 aliphatic rings. The van der Waals surface area contributed by atoms with Crippen molar-refractivity contribution in [1.29, 1.82) is 0 Å². The van der Waals surface area contributed by atoms with Gasteiger partial charge in [-0.15, -0.1) is 0 Å². The normalized spacial score (nSPS) is 11.1. The summed E-state index contributed by atoms with van der Waals surface area (Å²) in [4.78, 5) is 6.47. The van der Waals surface area contributed by atoms with E-state index in [9.17, 15) is 0 Å². The Morgan fingerprint density at radius 2 is 2.17 bits per heavy atom. The van der Waals surface area contributed by atoms with Gasteiger partial charge in [0.05, 0.1) is 0 Å². The van der Waals surface area contributed by atoms with Crippen LogP contribution in [-0.4, -0.2) is 40.3 Å². The number of benzene rings is 1. The molecule has 0 aliphatic heterocycles. The second kappa shape index (κ2) is 5.64. The highest BCUT2D eigenvalue weighted by atomic mass is 15.3. The number of hydrogen-bond acceptors (Lipinski definition) is 4. The van der Waals surface area contributed by atoms with E-state index in [0.29, 0.717) is 0 Å². The van der Waals surface area contributed by atoms with E-state index in [1.54, 1.807) is 6.33 Å². The number of nitrogens with two attached hydrogens (primary N) is 1. The maximum absolute atomic E-state index is 5.75. The van der Waals surface area contributed by atoms with Gasteiger partial charge >= 0.3 is 0 Å². The lowest BCUT2D eigenvalue weighted by atomic mass is 10.2. The van der Waals surface area contributed by atoms with Crippen molar-refractivity contribution < 1.29 is 0 Å². The molecule has 0 saturated carbocycles. The van der Waals surface area contributed by atoms with Crippen molar-refractivity contribution in [3.05, 3.63) is 30.6 Å². The summed E-state index contributed by atoms with van der Waals surface area (Å²) in [7, 11) is 4.14. The van der Waals surface area contributed by atoms with Crippen LogP contribution in [0.15, 0.2) is 30.6 Å². The zero-order valence-corrected chi connectivity index (χ0v) is 10.9. The molecule has 0 saturated heterocycles. The second-order valence-corrected chi connectivity index (χ2v) is 4.61. The number of nitrogen functional groups attached to an aromatic ring is 1. The molecule has 18 heavy (non-hydrogen) atoms. The molecular weight excluding hydrogens is 226 g/mol. The summed E-state index contributed by atoms with van der Waals surface area (Å²) < 4.78 is 1.88. The molecule has 1 aromatic heterocycles. The summed E-state index contributed by atoms with van der Waals surface area (Å²) in [5, 5.41) is 4.45. The molecule has 2 rings (SSSR count). The van der Waals surface area contributed by atoms with Gasteiger partial charge < -0.3 is 10.6 Å². The Kier molecular flexibility index (Phi) is 3.94. The van der Waals surface area contributed by atoms with Gasteiger partial charge in [0, 0.05) is 17.8 Å². The minimum Gasteiger partial charge on any atom is -0.399 e. The average Bonchev–Trinajstić information content (AvgIpc) is 2.77. The average molecular weight is 245 g/mol. The van der Waals surface area contributed by atoms with Gasteiger partial charge in [0.2, 0.25) is 0 Å². The molecule has 1 aromatic carbocycles. The topological polar surface area (TPSA) is 60.0 Å². The zero-order valence-electron chi connectivity index (χ0n) is 10.9. The molecule has 96 valence electrons. The molecule has 1 heterocycles. The van der Waals surface area contributed by atoms with Crippen LogP contribution in [0.5, 0.6) is 0 Å². The van der Waals surface area contributed by atoms with E-state index in [2.05, 4.69) is 29.1 Å². The Morgan fingerprint density at radius 1 is 1.33 bits per heavy atom. The Balaban J connectivity index is 2.02. The summed E-state index contributed by atoms with van der Waals surface area (Å²) in [6.45, 7) is 1.93. The van der Waals surface area contributed by atoms with Crippen LogP contribution in [-0.2, 0) is 6.54 Å². The van der Waals surface area contributed by atoms with E-state index in [-0.39, 0.29) is 0 Å². The number of rotatable bonds is 5. The van der Waals surface area contributed by atoms with Crippen LogP contribution in [0.3, 0.4) is 0 Å². The Bertz CT molecular complexity index is 504. The third kappa shape index (κ3) is 3.30. The third-order valence-electron chi connectivity index (χ3n) is 2.67. The van der Waals surface area contributed by atoms with Gasteiger partial charge in [-0.3, -0.25) is 4.68 Å². The lowest BCUT2D eigenvalue weighted by molar-refractivity contribution is 0.380. The van der Waals surface area contributed by atoms with E-state index in [0.717, 1.165) is 36.6 Å². The van der Waals surface area contributed by atoms with Crippen molar-refractivity contribution in [3.8, 4) is 11.4 Å². The molecule has 0 unspecified atom stereocenters. The van der Waals surface area contributed by atoms with Gasteiger partial charge in [-0.25, -0.2) is 4.98 Å². The fraction of sp³-hybridized carbons (Fsp3) is 0.385. The first kappa shape index (κ1) is 12.6. The maximum atomic E-state index is 5.75. The van der Waals surface area contributed by atoms with E-state index in [4.69, 9.17) is 5.73 Å². The lowest BCUT2D eigenvalue weighted by Crippen LogP contribution is -2.15. The van der Waals surface area contributed by atoms with Gasteiger partial charge in [-0.2, -0.15) is 5.10 Å². The minimum atomic E-state index is 0.729. The molecule has 2 N–H and O–H groups in total. The fourth-order valence-electron chi connectivity index (χ4n) is 1.76. The van der Waals surface area contributed by atoms with Crippen LogP contribution in [0.1, 0.15) is 6.42 Å². The highest BCUT2D eigenvalue weighted by molar-refractivity contribution is 5.60. The SMILES string of the molecule is CN(C)CCCn1cnc(-c2cccc(N)c2)n1. The first-order chi connectivity index (χ1) is 8.65. The van der Waals surface area contributed by atoms with Gasteiger partial charge in [0.25, 0.3) is 0 Å². The predicted molar refractivity (Wildman–Crippen MR) is 73.0 cm³/mol. The highest BCUT2D eigenvalue weighted by Gasteiger charge is 2.04. The predicted octanol–water partition coefficient (Wildman–Crippen LogP) is 1.48. The van der Waals surface area contributed by atoms with Crippen LogP contribution in [0, 0.1) is 0 Å². The third-order valence-corrected chi connectivity index (χ3v) is 2.67. The van der Waals surface area contributed by atoms with Gasteiger partial charge in [0.1, 0.15) is 6.33 Å². The summed E-state index contributed by atoms with van der Waals surface area (Å²) in [5.74, 6) is 0.729. The number of nitrogens with zero attached hydrogens (tertiary/aromatic N) is 4. The summed E-state index contributed by atoms with van der Waals surface area (Å²) in [6.07, 6.45) is 2.83. The van der Waals surface area contributed by atoms with Crippen molar-refractivity contribution in [2.45, 2.75) is 13.0 Å².